The van der Waals surface area contributed by atoms with Crippen LogP contribution in [0.2, 0.25) is 5.02 Å². The highest BCUT2D eigenvalue weighted by molar-refractivity contribution is 7.10. The highest BCUT2D eigenvalue weighted by Crippen LogP contribution is 2.19. The van der Waals surface area contributed by atoms with E-state index >= 15 is 0 Å². The van der Waals surface area contributed by atoms with Crippen molar-refractivity contribution in [2.24, 2.45) is 0 Å². The first-order valence-corrected chi connectivity index (χ1v) is 7.16. The Morgan fingerprint density at radius 1 is 1.22 bits per heavy atom. The van der Waals surface area contributed by atoms with Crippen molar-refractivity contribution in [1.82, 2.24) is 5.32 Å². The van der Waals surface area contributed by atoms with E-state index in [1.165, 1.54) is 22.6 Å². The van der Waals surface area contributed by atoms with Crippen LogP contribution in [0.1, 0.15) is 22.9 Å². The minimum atomic E-state index is -0.296. The molecule has 0 saturated heterocycles. The second kappa shape index (κ2) is 6.32. The summed E-state index contributed by atoms with van der Waals surface area (Å²) in [5.74, 6) is -0.296. The molecule has 96 valence electrons. The third-order valence-corrected chi connectivity index (χ3v) is 4.15. The Kier molecular flexibility index (Phi) is 4.75. The second-order valence-corrected chi connectivity index (χ2v) is 5.47. The molecule has 2 rings (SSSR count). The molecule has 1 heterocycles. The molecule has 0 bridgehead atoms. The number of hydrogen-bond donors (Lipinski definition) is 1. The number of halogens is 2. The van der Waals surface area contributed by atoms with E-state index < -0.39 is 0 Å². The Morgan fingerprint density at radius 2 is 2.06 bits per heavy atom. The van der Waals surface area contributed by atoms with Gasteiger partial charge in [-0.3, -0.25) is 0 Å². The van der Waals surface area contributed by atoms with Crippen LogP contribution in [0.4, 0.5) is 4.39 Å². The van der Waals surface area contributed by atoms with Crippen molar-refractivity contribution in [1.29, 1.82) is 0 Å². The molecular formula is C14H15ClFNS. The maximum Gasteiger partial charge on any atom is 0.124 e. The van der Waals surface area contributed by atoms with Crippen LogP contribution >= 0.6 is 22.9 Å². The van der Waals surface area contributed by atoms with Gasteiger partial charge in [0.15, 0.2) is 0 Å². The number of nitrogens with one attached hydrogen (secondary N) is 1. The van der Waals surface area contributed by atoms with Gasteiger partial charge in [-0.2, -0.15) is 0 Å². The van der Waals surface area contributed by atoms with Crippen LogP contribution in [-0.2, 0) is 19.5 Å². The molecule has 0 aliphatic carbocycles. The van der Waals surface area contributed by atoms with Crippen molar-refractivity contribution >= 4 is 22.9 Å². The van der Waals surface area contributed by atoms with Crippen LogP contribution in [0.15, 0.2) is 29.6 Å². The molecule has 1 nitrogen and oxygen atoms in total. The fourth-order valence-corrected chi connectivity index (χ4v) is 2.99. The van der Waals surface area contributed by atoms with Crippen LogP contribution in [0, 0.1) is 5.82 Å². The third kappa shape index (κ3) is 3.31. The lowest BCUT2D eigenvalue weighted by atomic mass is 10.2. The average Bonchev–Trinajstić information content (AvgIpc) is 2.79. The summed E-state index contributed by atoms with van der Waals surface area (Å²) in [6.07, 6.45) is 1.05. The Hall–Kier alpha value is -0.900. The van der Waals surface area contributed by atoms with Crippen LogP contribution in [-0.4, -0.2) is 0 Å². The van der Waals surface area contributed by atoms with Gasteiger partial charge < -0.3 is 5.32 Å². The van der Waals surface area contributed by atoms with Crippen LogP contribution in [0.5, 0.6) is 0 Å². The maximum absolute atomic E-state index is 12.9. The van der Waals surface area contributed by atoms with Crippen molar-refractivity contribution in [3.63, 3.8) is 0 Å². The van der Waals surface area contributed by atoms with Gasteiger partial charge in [-0.05, 0) is 41.1 Å². The largest absolute Gasteiger partial charge is 0.308 e. The first kappa shape index (κ1) is 13.5. The molecule has 4 heteroatoms. The summed E-state index contributed by atoms with van der Waals surface area (Å²) in [4.78, 5) is 1.36. The summed E-state index contributed by atoms with van der Waals surface area (Å²) in [7, 11) is 0. The Balaban J connectivity index is 1.92. The smallest absolute Gasteiger partial charge is 0.124 e. The van der Waals surface area contributed by atoms with Crippen molar-refractivity contribution in [2.75, 3.05) is 0 Å². The first-order valence-electron chi connectivity index (χ1n) is 5.90. The molecule has 0 aliphatic heterocycles. The molecule has 0 saturated carbocycles. The Labute approximate surface area is 116 Å². The lowest BCUT2D eigenvalue weighted by Crippen LogP contribution is -2.13. The molecule has 1 N–H and O–H groups in total. The average molecular weight is 284 g/mol. The Morgan fingerprint density at radius 3 is 2.78 bits per heavy atom. The van der Waals surface area contributed by atoms with Crippen LogP contribution < -0.4 is 5.32 Å². The normalized spacial score (nSPS) is 10.8. The minimum absolute atomic E-state index is 0.296. The maximum atomic E-state index is 12.9. The van der Waals surface area contributed by atoms with Gasteiger partial charge in [-0.1, -0.05) is 24.6 Å². The second-order valence-electron chi connectivity index (χ2n) is 4.06. The zero-order chi connectivity index (χ0) is 13.0. The first-order chi connectivity index (χ1) is 8.70. The third-order valence-electron chi connectivity index (χ3n) is 2.83. The fraction of sp³-hybridized carbons (Fsp3) is 0.286. The minimum Gasteiger partial charge on any atom is -0.308 e. The highest BCUT2D eigenvalue weighted by atomic mass is 35.5. The Bertz CT molecular complexity index is 524. The molecule has 0 aliphatic rings. The lowest BCUT2D eigenvalue weighted by molar-refractivity contribution is 0.625. The lowest BCUT2D eigenvalue weighted by Gasteiger charge is -2.07. The van der Waals surface area contributed by atoms with Gasteiger partial charge in [-0.25, -0.2) is 4.39 Å². The van der Waals surface area contributed by atoms with E-state index in [2.05, 4.69) is 23.7 Å². The molecule has 0 fully saturated rings. The van der Waals surface area contributed by atoms with Crippen molar-refractivity contribution in [2.45, 2.75) is 26.4 Å². The summed E-state index contributed by atoms with van der Waals surface area (Å²) < 4.78 is 12.9. The topological polar surface area (TPSA) is 12.0 Å². The predicted molar refractivity (Wildman–Crippen MR) is 75.7 cm³/mol. The van der Waals surface area contributed by atoms with E-state index in [9.17, 15) is 4.39 Å². The molecule has 2 aromatic rings. The van der Waals surface area contributed by atoms with Gasteiger partial charge in [-0.15, -0.1) is 11.3 Å². The molecule has 0 radical (unpaired) electrons. The van der Waals surface area contributed by atoms with Crippen LogP contribution in [0.3, 0.4) is 0 Å². The monoisotopic (exact) mass is 283 g/mol. The van der Waals surface area contributed by atoms with Crippen LogP contribution in [0.25, 0.3) is 0 Å². The number of hydrogen-bond acceptors (Lipinski definition) is 2. The van der Waals surface area contributed by atoms with E-state index in [1.54, 1.807) is 17.4 Å². The standard InChI is InChI=1S/C14H15ClFNS/c1-2-10-5-6-18-14(10)9-17-8-11-3-4-12(16)7-13(11)15/h3-7,17H,2,8-9H2,1H3. The summed E-state index contributed by atoms with van der Waals surface area (Å²) in [6.45, 7) is 3.64. The van der Waals surface area contributed by atoms with E-state index in [0.717, 1.165) is 18.5 Å². The van der Waals surface area contributed by atoms with Gasteiger partial charge in [0, 0.05) is 23.0 Å². The van der Waals surface area contributed by atoms with E-state index in [1.807, 2.05) is 0 Å². The van der Waals surface area contributed by atoms with Crippen molar-refractivity contribution in [3.8, 4) is 0 Å². The summed E-state index contributed by atoms with van der Waals surface area (Å²) in [5.41, 5.74) is 2.31. The van der Waals surface area contributed by atoms with E-state index in [4.69, 9.17) is 11.6 Å². The zero-order valence-electron chi connectivity index (χ0n) is 10.2. The molecule has 0 atom stereocenters. The fourth-order valence-electron chi connectivity index (χ4n) is 1.81. The SMILES string of the molecule is CCc1ccsc1CNCc1ccc(F)cc1Cl. The summed E-state index contributed by atoms with van der Waals surface area (Å²) in [6, 6.07) is 6.67. The number of rotatable bonds is 5. The van der Waals surface area contributed by atoms with Gasteiger partial charge in [0.2, 0.25) is 0 Å². The van der Waals surface area contributed by atoms with Gasteiger partial charge in [0.25, 0.3) is 0 Å². The van der Waals surface area contributed by atoms with E-state index in [-0.39, 0.29) is 5.82 Å². The molecule has 18 heavy (non-hydrogen) atoms. The molecule has 0 amide bonds. The molecule has 1 aromatic heterocycles. The van der Waals surface area contributed by atoms with Crippen molar-refractivity contribution < 1.29 is 4.39 Å². The number of thiophene rings is 1. The predicted octanol–water partition coefficient (Wildman–Crippen LogP) is 4.39. The van der Waals surface area contributed by atoms with E-state index in [0.29, 0.717) is 11.6 Å². The number of aryl methyl sites for hydroxylation is 1. The molecule has 0 unspecified atom stereocenters. The highest BCUT2D eigenvalue weighted by Gasteiger charge is 2.04. The summed E-state index contributed by atoms with van der Waals surface area (Å²) in [5, 5.41) is 5.93. The summed E-state index contributed by atoms with van der Waals surface area (Å²) >= 11 is 7.73. The van der Waals surface area contributed by atoms with Crippen molar-refractivity contribution in [3.05, 3.63) is 56.5 Å². The number of benzene rings is 1. The molecular weight excluding hydrogens is 269 g/mol. The quantitative estimate of drug-likeness (QED) is 0.858. The zero-order valence-corrected chi connectivity index (χ0v) is 11.7. The van der Waals surface area contributed by atoms with Gasteiger partial charge in [0.1, 0.15) is 5.82 Å². The molecule has 0 spiro atoms. The molecule has 1 aromatic carbocycles. The van der Waals surface area contributed by atoms with Gasteiger partial charge in [0.05, 0.1) is 0 Å². The van der Waals surface area contributed by atoms with Gasteiger partial charge >= 0.3 is 0 Å².